The number of aromatic nitrogens is 2. The molecule has 0 fully saturated rings. The van der Waals surface area contributed by atoms with E-state index in [2.05, 4.69) is 20.8 Å². The minimum absolute atomic E-state index is 0.00978. The summed E-state index contributed by atoms with van der Waals surface area (Å²) in [7, 11) is 0. The van der Waals surface area contributed by atoms with Crippen LogP contribution in [0, 0.1) is 11.8 Å². The number of aromatic amines is 1. The third-order valence-electron chi connectivity index (χ3n) is 7.03. The van der Waals surface area contributed by atoms with E-state index >= 15 is 0 Å². The molecule has 1 heterocycles. The summed E-state index contributed by atoms with van der Waals surface area (Å²) in [5, 5.41) is 11.8. The van der Waals surface area contributed by atoms with Gasteiger partial charge in [-0.3, -0.25) is 33.6 Å². The first-order chi connectivity index (χ1) is 23.0. The summed E-state index contributed by atoms with van der Waals surface area (Å²) in [6.45, 7) is 3.39. The number of nitrogens with one attached hydrogen (secondary N) is 3. The Morgan fingerprint density at radius 3 is 2.12 bits per heavy atom. The third-order valence-corrected chi connectivity index (χ3v) is 7.03. The van der Waals surface area contributed by atoms with Gasteiger partial charge in [-0.15, -0.1) is 0 Å². The van der Waals surface area contributed by atoms with Crippen LogP contribution in [0.5, 0.6) is 0 Å². The Morgan fingerprint density at radius 1 is 0.792 bits per heavy atom. The number of H-pyrrole nitrogens is 1. The summed E-state index contributed by atoms with van der Waals surface area (Å²) in [5.74, 6) is -3.84. The van der Waals surface area contributed by atoms with Crippen molar-refractivity contribution in [1.82, 2.24) is 20.8 Å². The SMILES string of the molecule is CC(=O)C[C@H](CC(=O)CCCOCCOCC(=O)NOCCOCC(=O)NCCCC[C@H](CC(=O)CCc1cnc[nH]1)C(C)=O)C(=O)O. The van der Waals surface area contributed by atoms with Crippen LogP contribution in [0.15, 0.2) is 12.5 Å². The van der Waals surface area contributed by atoms with Gasteiger partial charge in [-0.25, -0.2) is 10.5 Å². The second-order valence-corrected chi connectivity index (χ2v) is 11.4. The number of aryl methyl sites for hydroxylation is 1. The van der Waals surface area contributed by atoms with Gasteiger partial charge in [0.2, 0.25) is 5.91 Å². The topological polar surface area (TPSA) is 229 Å². The number of Topliss-reactive ketones (excluding diaryl/α,β-unsaturated/α-hetero) is 4. The highest BCUT2D eigenvalue weighted by molar-refractivity contribution is 5.88. The van der Waals surface area contributed by atoms with E-state index < -0.39 is 17.8 Å². The summed E-state index contributed by atoms with van der Waals surface area (Å²) in [6.07, 6.45) is 6.46. The second kappa shape index (κ2) is 26.1. The number of hydroxylamine groups is 1. The smallest absolute Gasteiger partial charge is 0.307 e. The van der Waals surface area contributed by atoms with Crippen LogP contribution >= 0.6 is 0 Å². The van der Waals surface area contributed by atoms with Crippen LogP contribution in [0.3, 0.4) is 0 Å². The number of carboxylic acids is 1. The number of ether oxygens (including phenoxy) is 3. The highest BCUT2D eigenvalue weighted by Gasteiger charge is 2.22. The fourth-order valence-electron chi connectivity index (χ4n) is 4.47. The van der Waals surface area contributed by atoms with Crippen molar-refractivity contribution >= 4 is 40.9 Å². The van der Waals surface area contributed by atoms with Crippen LogP contribution < -0.4 is 10.8 Å². The van der Waals surface area contributed by atoms with Crippen molar-refractivity contribution in [2.24, 2.45) is 11.8 Å². The molecule has 0 aromatic carbocycles. The van der Waals surface area contributed by atoms with E-state index in [4.69, 9.17) is 24.2 Å². The molecule has 0 aliphatic heterocycles. The van der Waals surface area contributed by atoms with E-state index in [1.54, 1.807) is 12.5 Å². The summed E-state index contributed by atoms with van der Waals surface area (Å²) in [6, 6.07) is 0. The van der Waals surface area contributed by atoms with Gasteiger partial charge < -0.3 is 34.4 Å². The number of amides is 2. The molecule has 0 bridgehead atoms. The van der Waals surface area contributed by atoms with Crippen LogP contribution in [-0.4, -0.2) is 109 Å². The number of carbonyl (C=O) groups is 7. The van der Waals surface area contributed by atoms with Crippen LogP contribution in [0.2, 0.25) is 0 Å². The van der Waals surface area contributed by atoms with Crippen LogP contribution in [0.1, 0.15) is 77.3 Å². The molecular formula is C32H50N4O12. The summed E-state index contributed by atoms with van der Waals surface area (Å²) in [4.78, 5) is 93.9. The number of carboxylic acid groups (broad SMARTS) is 1. The van der Waals surface area contributed by atoms with Crippen LogP contribution in [-0.2, 0) is 59.0 Å². The molecule has 0 aliphatic rings. The van der Waals surface area contributed by atoms with Crippen molar-refractivity contribution in [3.63, 3.8) is 0 Å². The monoisotopic (exact) mass is 682 g/mol. The number of nitrogens with zero attached hydrogens (tertiary/aromatic N) is 1. The average Bonchev–Trinajstić information content (AvgIpc) is 3.55. The summed E-state index contributed by atoms with van der Waals surface area (Å²) < 4.78 is 15.7. The lowest BCUT2D eigenvalue weighted by Gasteiger charge is -2.13. The lowest BCUT2D eigenvalue weighted by Crippen LogP contribution is -2.31. The zero-order valence-corrected chi connectivity index (χ0v) is 27.9. The molecule has 1 aromatic rings. The molecule has 0 saturated carbocycles. The summed E-state index contributed by atoms with van der Waals surface area (Å²) in [5.41, 5.74) is 3.07. The van der Waals surface area contributed by atoms with Gasteiger partial charge >= 0.3 is 5.97 Å². The lowest BCUT2D eigenvalue weighted by molar-refractivity contribution is -0.145. The van der Waals surface area contributed by atoms with Crippen molar-refractivity contribution in [3.8, 4) is 0 Å². The van der Waals surface area contributed by atoms with Gasteiger partial charge in [-0.05, 0) is 39.5 Å². The predicted octanol–water partition coefficient (Wildman–Crippen LogP) is 1.31. The maximum Gasteiger partial charge on any atom is 0.307 e. The molecule has 2 amide bonds. The average molecular weight is 683 g/mol. The number of imidazole rings is 1. The molecule has 1 rings (SSSR count). The first kappa shape index (κ1) is 42.2. The molecule has 0 unspecified atom stereocenters. The Labute approximate surface area is 280 Å². The number of carbonyl (C=O) groups excluding carboxylic acids is 6. The fraction of sp³-hybridized carbons (Fsp3) is 0.688. The first-order valence-electron chi connectivity index (χ1n) is 16.1. The maximum atomic E-state index is 12.3. The lowest BCUT2D eigenvalue weighted by atomic mass is 9.91. The second-order valence-electron chi connectivity index (χ2n) is 11.4. The molecule has 0 spiro atoms. The fourth-order valence-corrected chi connectivity index (χ4v) is 4.47. The minimum atomic E-state index is -1.17. The van der Waals surface area contributed by atoms with E-state index in [0.29, 0.717) is 45.1 Å². The van der Waals surface area contributed by atoms with Gasteiger partial charge in [0.15, 0.2) is 0 Å². The number of rotatable bonds is 31. The zero-order chi connectivity index (χ0) is 35.6. The van der Waals surface area contributed by atoms with E-state index in [0.717, 1.165) is 5.69 Å². The standard InChI is InChI=1S/C32H50N4O12/c1-23(37)16-26(32(43)44)18-28(39)7-5-11-45-12-13-46-21-31(42)36-48-15-14-47-20-30(41)34-10-4-3-6-25(24(2)38)17-29(40)9-8-27-19-33-22-35-27/h19,22,25-26H,3-18,20-21H2,1-2H3,(H,33,35)(H,34,41)(H,36,42)(H,43,44)/t25-,26-/m1/s1. The highest BCUT2D eigenvalue weighted by Crippen LogP contribution is 2.16. The molecule has 0 aliphatic carbocycles. The van der Waals surface area contributed by atoms with Gasteiger partial charge in [0, 0.05) is 63.1 Å². The molecule has 0 saturated heterocycles. The Morgan fingerprint density at radius 2 is 1.46 bits per heavy atom. The quantitative estimate of drug-likeness (QED) is 0.0640. The van der Waals surface area contributed by atoms with Crippen molar-refractivity contribution in [3.05, 3.63) is 18.2 Å². The van der Waals surface area contributed by atoms with Gasteiger partial charge in [0.05, 0.1) is 38.7 Å². The molecule has 4 N–H and O–H groups in total. The molecule has 1 aromatic heterocycles. The molecular weight excluding hydrogens is 632 g/mol. The van der Waals surface area contributed by atoms with Gasteiger partial charge in [0.1, 0.15) is 36.3 Å². The Kier molecular flexibility index (Phi) is 23.0. The number of ketones is 4. The van der Waals surface area contributed by atoms with Crippen LogP contribution in [0.25, 0.3) is 0 Å². The number of hydrogen-bond donors (Lipinski definition) is 4. The first-order valence-corrected chi connectivity index (χ1v) is 16.1. The summed E-state index contributed by atoms with van der Waals surface area (Å²) >= 11 is 0. The normalized spacial score (nSPS) is 12.2. The maximum absolute atomic E-state index is 12.3. The van der Waals surface area contributed by atoms with Gasteiger partial charge in [-0.2, -0.15) is 0 Å². The number of unbranched alkanes of at least 4 members (excludes halogenated alkanes) is 1. The Bertz CT molecular complexity index is 1140. The largest absolute Gasteiger partial charge is 0.481 e. The predicted molar refractivity (Wildman–Crippen MR) is 169 cm³/mol. The van der Waals surface area contributed by atoms with Crippen molar-refractivity contribution in [2.75, 3.05) is 52.8 Å². The van der Waals surface area contributed by atoms with E-state index in [1.807, 2.05) is 0 Å². The number of aliphatic carboxylic acids is 1. The Balaban J connectivity index is 1.96. The van der Waals surface area contributed by atoms with E-state index in [9.17, 15) is 33.6 Å². The van der Waals surface area contributed by atoms with E-state index in [1.165, 1.54) is 13.8 Å². The van der Waals surface area contributed by atoms with Crippen molar-refractivity contribution < 1.29 is 57.7 Å². The van der Waals surface area contributed by atoms with Gasteiger partial charge in [0.25, 0.3) is 5.91 Å². The zero-order valence-electron chi connectivity index (χ0n) is 27.9. The molecule has 270 valence electrons. The van der Waals surface area contributed by atoms with E-state index in [-0.39, 0.29) is 107 Å². The molecule has 16 nitrogen and oxygen atoms in total. The molecule has 2 atom stereocenters. The molecule has 0 radical (unpaired) electrons. The minimum Gasteiger partial charge on any atom is -0.481 e. The molecule has 48 heavy (non-hydrogen) atoms. The molecule has 16 heteroatoms. The highest BCUT2D eigenvalue weighted by atomic mass is 16.7. The van der Waals surface area contributed by atoms with Crippen molar-refractivity contribution in [1.29, 1.82) is 0 Å². The Hall–Kier alpha value is -3.86. The van der Waals surface area contributed by atoms with Crippen molar-refractivity contribution in [2.45, 2.75) is 78.1 Å². The number of hydrogen-bond acceptors (Lipinski definition) is 12. The van der Waals surface area contributed by atoms with Crippen LogP contribution in [0.4, 0.5) is 0 Å². The van der Waals surface area contributed by atoms with Gasteiger partial charge in [-0.1, -0.05) is 6.42 Å². The third kappa shape index (κ3) is 22.6.